The minimum Gasteiger partial charge on any atom is -0.359 e. The van der Waals surface area contributed by atoms with Crippen molar-refractivity contribution in [3.05, 3.63) is 59.3 Å². The molecular formula is C17H14F2N4OS. The lowest BCUT2D eigenvalue weighted by Gasteiger charge is -2.17. The Balaban J connectivity index is 1.85. The second-order valence-corrected chi connectivity index (χ2v) is 6.34. The molecule has 0 aliphatic carbocycles. The maximum absolute atomic E-state index is 13.1. The Labute approximate surface area is 146 Å². The van der Waals surface area contributed by atoms with E-state index in [1.54, 1.807) is 43.3 Å². The maximum atomic E-state index is 13.1. The van der Waals surface area contributed by atoms with Gasteiger partial charge in [-0.05, 0) is 41.3 Å². The number of nitrogens with one attached hydrogen (secondary N) is 2. The quantitative estimate of drug-likeness (QED) is 0.440. The fraction of sp³-hybridized carbons (Fsp3) is 0.118. The van der Waals surface area contributed by atoms with E-state index in [1.165, 1.54) is 6.20 Å². The molecule has 128 valence electrons. The summed E-state index contributed by atoms with van der Waals surface area (Å²) in [6.07, 6.45) is -1.31. The number of hydrazine groups is 1. The van der Waals surface area contributed by atoms with Gasteiger partial charge in [0.2, 0.25) is 0 Å². The molecule has 25 heavy (non-hydrogen) atoms. The van der Waals surface area contributed by atoms with Gasteiger partial charge < -0.3 is 4.98 Å². The first-order chi connectivity index (χ1) is 12.0. The van der Waals surface area contributed by atoms with Crippen molar-refractivity contribution in [2.24, 2.45) is 0 Å². The predicted octanol–water partition coefficient (Wildman–Crippen LogP) is 5.01. The number of aromatic nitrogens is 1. The maximum Gasteiger partial charge on any atom is 0.265 e. The van der Waals surface area contributed by atoms with Crippen molar-refractivity contribution in [1.29, 1.82) is 5.26 Å². The van der Waals surface area contributed by atoms with Gasteiger partial charge in [-0.25, -0.2) is 8.78 Å². The van der Waals surface area contributed by atoms with Crippen molar-refractivity contribution in [2.45, 2.75) is 18.2 Å². The number of alkyl halides is 2. The summed E-state index contributed by atoms with van der Waals surface area (Å²) >= 11 is 0.958. The molecule has 0 aliphatic rings. The van der Waals surface area contributed by atoms with Crippen molar-refractivity contribution in [3.8, 4) is 6.07 Å². The number of benzene rings is 2. The third-order valence-corrected chi connectivity index (χ3v) is 4.41. The third kappa shape index (κ3) is 3.58. The molecule has 1 heterocycles. The van der Waals surface area contributed by atoms with Crippen molar-refractivity contribution in [3.63, 3.8) is 0 Å². The highest BCUT2D eigenvalue weighted by Gasteiger charge is 2.18. The molecule has 2 aromatic carbocycles. The zero-order valence-corrected chi connectivity index (χ0v) is 13.9. The van der Waals surface area contributed by atoms with Crippen LogP contribution in [0.3, 0.4) is 0 Å². The average molecular weight is 360 g/mol. The molecule has 0 bridgehead atoms. The van der Waals surface area contributed by atoms with Crippen LogP contribution in [-0.2, 0) is 0 Å². The molecular weight excluding hydrogens is 346 g/mol. The number of hydrogen-bond acceptors (Lipinski definition) is 5. The zero-order chi connectivity index (χ0) is 18.0. The number of halogens is 2. The number of nitriles is 1. The molecule has 3 rings (SSSR count). The summed E-state index contributed by atoms with van der Waals surface area (Å²) in [6, 6.07) is 12.2. The van der Waals surface area contributed by atoms with E-state index >= 15 is 0 Å². The lowest BCUT2D eigenvalue weighted by molar-refractivity contribution is 0.0440. The van der Waals surface area contributed by atoms with E-state index in [2.05, 4.69) is 10.4 Å². The Kier molecular flexibility index (Phi) is 4.90. The van der Waals surface area contributed by atoms with E-state index in [0.29, 0.717) is 27.0 Å². The Hall–Kier alpha value is -2.60. The van der Waals surface area contributed by atoms with Crippen LogP contribution in [0.25, 0.3) is 10.9 Å². The Morgan fingerprint density at radius 3 is 2.84 bits per heavy atom. The highest BCUT2D eigenvalue weighted by Crippen LogP contribution is 2.34. The van der Waals surface area contributed by atoms with Gasteiger partial charge in [0.05, 0.1) is 22.8 Å². The number of anilines is 1. The molecule has 8 heteroatoms. The molecule has 3 N–H and O–H groups in total. The topological polar surface area (TPSA) is 75.1 Å². The van der Waals surface area contributed by atoms with Gasteiger partial charge in [-0.2, -0.15) is 5.26 Å². The van der Waals surface area contributed by atoms with Crippen molar-refractivity contribution in [2.75, 3.05) is 5.43 Å². The lowest BCUT2D eigenvalue weighted by atomic mass is 10.1. The molecule has 0 saturated heterocycles. The van der Waals surface area contributed by atoms with Gasteiger partial charge in [0, 0.05) is 34.0 Å². The normalized spacial score (nSPS) is 11.2. The predicted molar refractivity (Wildman–Crippen MR) is 92.3 cm³/mol. The standard InChI is InChI=1S/C17H14F2N4OS/c1-10-5-6-14(16-15(10)13(9-21-16)17(18)19)22-23(24)25-12-4-2-3-11(7-12)8-20/h2-7,9,17,21-22,24H,1H3. The van der Waals surface area contributed by atoms with Crippen LogP contribution in [-0.4, -0.2) is 14.8 Å². The van der Waals surface area contributed by atoms with E-state index in [0.717, 1.165) is 22.1 Å². The van der Waals surface area contributed by atoms with Crippen LogP contribution in [0.2, 0.25) is 0 Å². The Morgan fingerprint density at radius 2 is 2.12 bits per heavy atom. The van der Waals surface area contributed by atoms with E-state index in [9.17, 15) is 14.0 Å². The minimum absolute atomic E-state index is 0.0741. The molecule has 0 spiro atoms. The van der Waals surface area contributed by atoms with Crippen LogP contribution in [0.4, 0.5) is 14.5 Å². The van der Waals surface area contributed by atoms with E-state index in [-0.39, 0.29) is 5.56 Å². The highest BCUT2D eigenvalue weighted by molar-refractivity contribution is 7.97. The van der Waals surface area contributed by atoms with Gasteiger partial charge >= 0.3 is 0 Å². The summed E-state index contributed by atoms with van der Waals surface area (Å²) in [4.78, 5) is 3.48. The van der Waals surface area contributed by atoms with Gasteiger partial charge in [0.25, 0.3) is 6.43 Å². The molecule has 3 aromatic rings. The first-order valence-electron chi connectivity index (χ1n) is 7.32. The molecule has 0 atom stereocenters. The van der Waals surface area contributed by atoms with Crippen LogP contribution < -0.4 is 5.43 Å². The van der Waals surface area contributed by atoms with Crippen LogP contribution in [0.5, 0.6) is 0 Å². The largest absolute Gasteiger partial charge is 0.359 e. The van der Waals surface area contributed by atoms with Crippen LogP contribution in [0, 0.1) is 18.3 Å². The van der Waals surface area contributed by atoms with Crippen molar-refractivity contribution in [1.82, 2.24) is 9.56 Å². The van der Waals surface area contributed by atoms with Crippen LogP contribution in [0.15, 0.2) is 47.5 Å². The zero-order valence-electron chi connectivity index (χ0n) is 13.1. The van der Waals surface area contributed by atoms with Gasteiger partial charge in [0.15, 0.2) is 0 Å². The Morgan fingerprint density at radius 1 is 1.32 bits per heavy atom. The number of hydrogen-bond donors (Lipinski definition) is 3. The second-order valence-electron chi connectivity index (χ2n) is 5.34. The summed E-state index contributed by atoms with van der Waals surface area (Å²) in [5, 5.41) is 19.4. The van der Waals surface area contributed by atoms with Gasteiger partial charge in [-0.1, -0.05) is 12.1 Å². The average Bonchev–Trinajstić information content (AvgIpc) is 3.04. The molecule has 0 fully saturated rings. The SMILES string of the molecule is Cc1ccc(NN(O)Sc2cccc(C#N)c2)c2[nH]cc(C(F)F)c12. The molecule has 5 nitrogen and oxygen atoms in total. The minimum atomic E-state index is -2.59. The smallest absolute Gasteiger partial charge is 0.265 e. The number of aryl methyl sites for hydroxylation is 1. The van der Waals surface area contributed by atoms with Crippen molar-refractivity contribution < 1.29 is 14.0 Å². The first kappa shape index (κ1) is 17.2. The van der Waals surface area contributed by atoms with Crippen LogP contribution >= 0.6 is 11.9 Å². The lowest BCUT2D eigenvalue weighted by Crippen LogP contribution is -2.18. The molecule has 0 radical (unpaired) electrons. The van der Waals surface area contributed by atoms with E-state index < -0.39 is 6.43 Å². The summed E-state index contributed by atoms with van der Waals surface area (Å²) < 4.78 is 27.0. The number of H-pyrrole nitrogens is 1. The first-order valence-corrected chi connectivity index (χ1v) is 8.09. The monoisotopic (exact) mass is 360 g/mol. The van der Waals surface area contributed by atoms with E-state index in [4.69, 9.17) is 5.26 Å². The van der Waals surface area contributed by atoms with Crippen molar-refractivity contribution >= 4 is 28.5 Å². The third-order valence-electron chi connectivity index (χ3n) is 3.68. The molecule has 0 saturated carbocycles. The number of aromatic amines is 1. The Bertz CT molecular complexity index is 951. The fourth-order valence-corrected chi connectivity index (χ4v) is 3.23. The van der Waals surface area contributed by atoms with Gasteiger partial charge in [-0.3, -0.25) is 10.6 Å². The highest BCUT2D eigenvalue weighted by atomic mass is 32.2. The summed E-state index contributed by atoms with van der Waals surface area (Å²) in [5.41, 5.74) is 4.81. The summed E-state index contributed by atoms with van der Waals surface area (Å²) in [6.45, 7) is 1.75. The van der Waals surface area contributed by atoms with Gasteiger partial charge in [0.1, 0.15) is 0 Å². The van der Waals surface area contributed by atoms with Gasteiger partial charge in [-0.15, -0.1) is 0 Å². The van der Waals surface area contributed by atoms with E-state index in [1.807, 2.05) is 6.07 Å². The fourth-order valence-electron chi connectivity index (χ4n) is 2.56. The van der Waals surface area contributed by atoms with Crippen LogP contribution in [0.1, 0.15) is 23.1 Å². The molecule has 1 aromatic heterocycles. The summed E-state index contributed by atoms with van der Waals surface area (Å²) in [7, 11) is 0. The molecule has 0 aliphatic heterocycles. The summed E-state index contributed by atoms with van der Waals surface area (Å²) in [5.74, 6) is 0. The number of rotatable bonds is 5. The molecule has 0 amide bonds. The number of nitrogens with zero attached hydrogens (tertiary/aromatic N) is 2. The molecule has 0 unspecified atom stereocenters. The second kappa shape index (κ2) is 7.11. The number of fused-ring (bicyclic) bond motifs is 1.